The number of amides is 2. The summed E-state index contributed by atoms with van der Waals surface area (Å²) in [5.74, 6) is -0.357. The maximum atomic E-state index is 12.2. The van der Waals surface area contributed by atoms with E-state index in [2.05, 4.69) is 4.95 Å². The number of hydrogen-bond acceptors (Lipinski definition) is 4. The van der Waals surface area contributed by atoms with Crippen LogP contribution in [-0.4, -0.2) is 34.3 Å². The van der Waals surface area contributed by atoms with Crippen LogP contribution in [0.3, 0.4) is 0 Å². The molecule has 1 aliphatic rings. The average molecular weight is 408 g/mol. The SMILES string of the molecule is O=NP(=O)(O)CCCCCCCCCCCCN1C(=O)c2ccccc2C1=O. The van der Waals surface area contributed by atoms with Gasteiger partial charge in [0.25, 0.3) is 11.8 Å². The van der Waals surface area contributed by atoms with Gasteiger partial charge in [0.1, 0.15) is 0 Å². The topological polar surface area (TPSA) is 104 Å². The summed E-state index contributed by atoms with van der Waals surface area (Å²) in [5.41, 5.74) is 1.02. The zero-order chi connectivity index (χ0) is 20.4. The van der Waals surface area contributed by atoms with Gasteiger partial charge in [0, 0.05) is 17.7 Å². The summed E-state index contributed by atoms with van der Waals surface area (Å²) in [6.45, 7) is 0.483. The van der Waals surface area contributed by atoms with E-state index in [1.54, 1.807) is 24.3 Å². The summed E-state index contributed by atoms with van der Waals surface area (Å²) < 4.78 is 11.1. The van der Waals surface area contributed by atoms with Crippen LogP contribution in [0.15, 0.2) is 29.2 Å². The molecular weight excluding hydrogens is 379 g/mol. The highest BCUT2D eigenvalue weighted by atomic mass is 31.2. The number of imide groups is 1. The number of nitrogens with zero attached hydrogens (tertiary/aromatic N) is 2. The number of unbranched alkanes of at least 4 members (excludes halogenated alkanes) is 9. The summed E-state index contributed by atoms with van der Waals surface area (Å²) >= 11 is 0. The third-order valence-electron chi connectivity index (χ3n) is 5.09. The molecule has 7 nitrogen and oxygen atoms in total. The van der Waals surface area contributed by atoms with Crippen LogP contribution in [0.4, 0.5) is 0 Å². The quantitative estimate of drug-likeness (QED) is 0.199. The molecule has 0 saturated heterocycles. The molecule has 1 aromatic carbocycles. The third-order valence-corrected chi connectivity index (χ3v) is 6.24. The van der Waals surface area contributed by atoms with Gasteiger partial charge in [-0.3, -0.25) is 19.1 Å². The van der Waals surface area contributed by atoms with Crippen molar-refractivity contribution in [1.29, 1.82) is 0 Å². The van der Waals surface area contributed by atoms with Crippen molar-refractivity contribution in [2.75, 3.05) is 12.7 Å². The number of carbonyl (C=O) groups is 2. The van der Waals surface area contributed by atoms with Gasteiger partial charge in [0.05, 0.1) is 11.1 Å². The first-order valence-corrected chi connectivity index (χ1v) is 11.9. The van der Waals surface area contributed by atoms with Crippen molar-refractivity contribution < 1.29 is 19.0 Å². The molecule has 1 atom stereocenters. The van der Waals surface area contributed by atoms with Crippen molar-refractivity contribution in [2.45, 2.75) is 64.2 Å². The lowest BCUT2D eigenvalue weighted by molar-refractivity contribution is 0.0651. The third kappa shape index (κ3) is 6.64. The molecule has 8 heteroatoms. The lowest BCUT2D eigenvalue weighted by Crippen LogP contribution is -2.30. The Kier molecular flexibility index (Phi) is 9.00. The largest absolute Gasteiger partial charge is 0.350 e. The summed E-state index contributed by atoms with van der Waals surface area (Å²) in [6, 6.07) is 6.97. The van der Waals surface area contributed by atoms with Crippen molar-refractivity contribution in [2.24, 2.45) is 4.95 Å². The number of carbonyl (C=O) groups excluding carboxylic acids is 2. The molecule has 0 aliphatic carbocycles. The molecule has 154 valence electrons. The van der Waals surface area contributed by atoms with Crippen molar-refractivity contribution in [3.63, 3.8) is 0 Å². The first kappa shape index (κ1) is 22.4. The van der Waals surface area contributed by atoms with Crippen LogP contribution in [0.25, 0.3) is 0 Å². The van der Waals surface area contributed by atoms with Gasteiger partial charge < -0.3 is 4.89 Å². The van der Waals surface area contributed by atoms with Crippen molar-refractivity contribution in [1.82, 2.24) is 4.90 Å². The van der Waals surface area contributed by atoms with Crippen LogP contribution >= 0.6 is 7.52 Å². The molecule has 0 fully saturated rings. The monoisotopic (exact) mass is 408 g/mol. The van der Waals surface area contributed by atoms with Crippen LogP contribution in [0.2, 0.25) is 0 Å². The fraction of sp³-hybridized carbons (Fsp3) is 0.600. The Balaban J connectivity index is 1.46. The van der Waals surface area contributed by atoms with Crippen LogP contribution in [0.1, 0.15) is 84.9 Å². The Morgan fingerprint density at radius 1 is 0.786 bits per heavy atom. The lowest BCUT2D eigenvalue weighted by atomic mass is 10.1. The van der Waals surface area contributed by atoms with Crippen molar-refractivity contribution in [3.05, 3.63) is 40.3 Å². The predicted octanol–water partition coefficient (Wildman–Crippen LogP) is 5.14. The van der Waals surface area contributed by atoms with E-state index in [-0.39, 0.29) is 18.0 Å². The molecule has 1 N–H and O–H groups in total. The molecule has 0 aromatic heterocycles. The van der Waals surface area contributed by atoms with Gasteiger partial charge in [-0.1, -0.05) is 63.5 Å². The van der Waals surface area contributed by atoms with Gasteiger partial charge >= 0.3 is 7.52 Å². The Labute approximate surface area is 166 Å². The smallest absolute Gasteiger partial charge is 0.326 e. The minimum absolute atomic E-state index is 0.0103. The van der Waals surface area contributed by atoms with E-state index in [0.717, 1.165) is 57.8 Å². The number of benzene rings is 1. The lowest BCUT2D eigenvalue weighted by Gasteiger charge is -2.13. The molecule has 2 rings (SSSR count). The highest BCUT2D eigenvalue weighted by molar-refractivity contribution is 7.56. The molecule has 0 spiro atoms. The molecule has 1 heterocycles. The summed E-state index contributed by atoms with van der Waals surface area (Å²) in [6.07, 6.45) is 9.79. The summed E-state index contributed by atoms with van der Waals surface area (Å²) in [5, 5.41) is 0. The zero-order valence-corrected chi connectivity index (χ0v) is 17.1. The second kappa shape index (κ2) is 11.2. The number of nitroso groups, excluding NO2 is 1. The normalized spacial score (nSPS) is 15.5. The molecule has 0 radical (unpaired) electrons. The maximum Gasteiger partial charge on any atom is 0.350 e. The van der Waals surface area contributed by atoms with Crippen LogP contribution in [0.5, 0.6) is 0 Å². The molecule has 28 heavy (non-hydrogen) atoms. The van der Waals surface area contributed by atoms with E-state index in [0.29, 0.717) is 24.1 Å². The van der Waals surface area contributed by atoms with Gasteiger partial charge in [-0.05, 0) is 25.0 Å². The molecule has 1 unspecified atom stereocenters. The Morgan fingerprint density at radius 2 is 1.21 bits per heavy atom. The second-order valence-electron chi connectivity index (χ2n) is 7.31. The second-order valence-corrected chi connectivity index (χ2v) is 9.25. The maximum absolute atomic E-state index is 12.2. The molecule has 1 aliphatic heterocycles. The van der Waals surface area contributed by atoms with Gasteiger partial charge in [-0.2, -0.15) is 0 Å². The standard InChI is InChI=1S/C20H29N2O5P/c23-19-17-13-9-10-14-18(17)20(24)22(19)15-11-7-5-3-1-2-4-6-8-12-16-28(26,27)21-25/h9-10,13-14H,1-8,11-12,15-16H2,(H,26,27). The van der Waals surface area contributed by atoms with E-state index in [9.17, 15) is 19.1 Å². The number of rotatable bonds is 14. The highest BCUT2D eigenvalue weighted by Gasteiger charge is 2.34. The predicted molar refractivity (Wildman–Crippen MR) is 108 cm³/mol. The molecular formula is C20H29N2O5P. The first-order valence-electron chi connectivity index (χ1n) is 10.1. The minimum Gasteiger partial charge on any atom is -0.326 e. The molecule has 1 aromatic rings. The summed E-state index contributed by atoms with van der Waals surface area (Å²) in [7, 11) is -3.76. The minimum atomic E-state index is -3.76. The van der Waals surface area contributed by atoms with E-state index >= 15 is 0 Å². The van der Waals surface area contributed by atoms with Gasteiger partial charge in [-0.15, -0.1) is 4.91 Å². The molecule has 0 saturated carbocycles. The number of fused-ring (bicyclic) bond motifs is 1. The van der Waals surface area contributed by atoms with Gasteiger partial charge in [-0.25, -0.2) is 0 Å². The Hall–Kier alpha value is -1.85. The Morgan fingerprint density at radius 3 is 1.68 bits per heavy atom. The fourth-order valence-electron chi connectivity index (χ4n) is 3.48. The summed E-state index contributed by atoms with van der Waals surface area (Å²) in [4.78, 5) is 47.3. The van der Waals surface area contributed by atoms with Crippen LogP contribution in [0, 0.1) is 4.91 Å². The first-order chi connectivity index (χ1) is 13.5. The van der Waals surface area contributed by atoms with Gasteiger partial charge in [0.2, 0.25) is 0 Å². The highest BCUT2D eigenvalue weighted by Crippen LogP contribution is 2.42. The van der Waals surface area contributed by atoms with Crippen LogP contribution < -0.4 is 0 Å². The van der Waals surface area contributed by atoms with E-state index in [1.807, 2.05) is 0 Å². The van der Waals surface area contributed by atoms with Crippen molar-refractivity contribution in [3.8, 4) is 0 Å². The number of hydrogen-bond donors (Lipinski definition) is 1. The van der Waals surface area contributed by atoms with E-state index in [4.69, 9.17) is 4.89 Å². The fourth-order valence-corrected chi connectivity index (χ4v) is 4.20. The zero-order valence-electron chi connectivity index (χ0n) is 16.2. The molecule has 0 bridgehead atoms. The van der Waals surface area contributed by atoms with Gasteiger partial charge in [0.15, 0.2) is 0 Å². The molecule has 2 amide bonds. The Bertz CT molecular complexity index is 702. The van der Waals surface area contributed by atoms with Crippen molar-refractivity contribution >= 4 is 19.3 Å². The van der Waals surface area contributed by atoms with E-state index in [1.165, 1.54) is 4.90 Å². The van der Waals surface area contributed by atoms with E-state index < -0.39 is 7.52 Å². The van der Waals surface area contributed by atoms with Crippen LogP contribution in [-0.2, 0) is 4.57 Å². The average Bonchev–Trinajstić information content (AvgIpc) is 2.93.